The van der Waals surface area contributed by atoms with Crippen LogP contribution in [0.4, 0.5) is 0 Å². The number of ether oxygens (including phenoxy) is 3. The van der Waals surface area contributed by atoms with E-state index in [0.717, 1.165) is 12.0 Å². The number of carbonyl (C=O) groups is 2. The molecule has 11 heteroatoms. The van der Waals surface area contributed by atoms with Gasteiger partial charge in [-0.05, 0) is 32.3 Å². The summed E-state index contributed by atoms with van der Waals surface area (Å²) in [6.45, 7) is 15.3. The van der Waals surface area contributed by atoms with Crippen LogP contribution < -0.4 is 0 Å². The first-order valence-electron chi connectivity index (χ1n) is 18.9. The van der Waals surface area contributed by atoms with Crippen molar-refractivity contribution in [1.29, 1.82) is 0 Å². The van der Waals surface area contributed by atoms with E-state index in [1.54, 1.807) is 41.8 Å². The summed E-state index contributed by atoms with van der Waals surface area (Å²) < 4.78 is 23.3. The lowest BCUT2D eigenvalue weighted by Gasteiger charge is -2.36. The van der Waals surface area contributed by atoms with E-state index in [1.807, 2.05) is 90.2 Å². The highest BCUT2D eigenvalue weighted by Crippen LogP contribution is 2.34. The van der Waals surface area contributed by atoms with E-state index in [1.165, 1.54) is 17.6 Å². The van der Waals surface area contributed by atoms with Crippen molar-refractivity contribution in [2.45, 2.75) is 111 Å². The van der Waals surface area contributed by atoms with Crippen molar-refractivity contribution >= 4 is 35.4 Å². The Kier molecular flexibility index (Phi) is 15.7. The number of fused-ring (bicyclic) bond motifs is 5. The zero-order valence-corrected chi connectivity index (χ0v) is 33.9. The van der Waals surface area contributed by atoms with Crippen molar-refractivity contribution < 1.29 is 38.4 Å². The number of carbonyl (C=O) groups excluding carboxylic acids is 2. The topological polar surface area (TPSA) is 145 Å². The van der Waals surface area contributed by atoms with Gasteiger partial charge in [-0.2, -0.15) is 0 Å². The van der Waals surface area contributed by atoms with Crippen LogP contribution in [0.15, 0.2) is 101 Å². The number of nitrogens with zero attached hydrogens (tertiary/aromatic N) is 2. The van der Waals surface area contributed by atoms with Gasteiger partial charge in [-0.3, -0.25) is 0 Å². The maximum absolute atomic E-state index is 13.4. The molecule has 0 aromatic carbocycles. The van der Waals surface area contributed by atoms with Crippen LogP contribution in [0.25, 0.3) is 12.2 Å². The number of aliphatic hydroxyl groups excluding tert-OH is 2. The number of esters is 2. The number of hydrogen-bond donors (Lipinski definition) is 2. The molecule has 1 fully saturated rings. The quantitative estimate of drug-likeness (QED) is 0.159. The zero-order valence-electron chi connectivity index (χ0n) is 33.1. The van der Waals surface area contributed by atoms with Gasteiger partial charge in [0.25, 0.3) is 0 Å². The maximum Gasteiger partial charge on any atom is 0.360 e. The molecule has 4 bridgehead atoms. The highest BCUT2D eigenvalue weighted by atomic mass is 32.1. The lowest BCUT2D eigenvalue weighted by molar-refractivity contribution is -0.0461. The number of hydrogen-bond acceptors (Lipinski definition) is 11. The summed E-state index contributed by atoms with van der Waals surface area (Å²) in [7, 11) is 0. The fourth-order valence-electron chi connectivity index (χ4n) is 6.01. The number of rotatable bonds is 7. The third-order valence-electron chi connectivity index (χ3n) is 10.1. The summed E-state index contributed by atoms with van der Waals surface area (Å²) in [5.41, 5.74) is -0.221. The van der Waals surface area contributed by atoms with Gasteiger partial charge in [0.1, 0.15) is 35.7 Å². The van der Waals surface area contributed by atoms with Gasteiger partial charge in [0, 0.05) is 35.1 Å². The average molecular weight is 773 g/mol. The van der Waals surface area contributed by atoms with E-state index in [2.05, 4.69) is 29.9 Å². The van der Waals surface area contributed by atoms with E-state index in [9.17, 15) is 19.8 Å². The van der Waals surface area contributed by atoms with Gasteiger partial charge in [0.05, 0.1) is 12.2 Å². The van der Waals surface area contributed by atoms with Gasteiger partial charge in [-0.1, -0.05) is 126 Å². The fourth-order valence-corrected chi connectivity index (χ4v) is 6.70. The Morgan fingerprint density at radius 1 is 0.836 bits per heavy atom. The predicted octanol–water partition coefficient (Wildman–Crippen LogP) is 9.04. The summed E-state index contributed by atoms with van der Waals surface area (Å²) in [6, 6.07) is 0. The van der Waals surface area contributed by atoms with Gasteiger partial charge in [-0.25, -0.2) is 19.6 Å². The molecule has 2 aromatic rings. The second-order valence-electron chi connectivity index (χ2n) is 14.9. The second kappa shape index (κ2) is 20.0. The molecule has 0 saturated carbocycles. The van der Waals surface area contributed by atoms with E-state index in [0.29, 0.717) is 17.8 Å². The largest absolute Gasteiger partial charge is 0.457 e. The first kappa shape index (κ1) is 43.3. The Morgan fingerprint density at radius 3 is 2.05 bits per heavy atom. The maximum atomic E-state index is 13.4. The summed E-state index contributed by atoms with van der Waals surface area (Å²) >= 11 is 1.34. The monoisotopic (exact) mass is 772 g/mol. The molecule has 7 atom stereocenters. The van der Waals surface area contributed by atoms with Crippen LogP contribution in [0.3, 0.4) is 0 Å². The zero-order chi connectivity index (χ0) is 40.2. The normalized spacial score (nSPS) is 28.6. The van der Waals surface area contributed by atoms with Crippen molar-refractivity contribution in [2.24, 2.45) is 16.7 Å². The molecular formula is C44H56N2O8S. The Morgan fingerprint density at radius 2 is 1.44 bits per heavy atom. The minimum atomic E-state index is -0.860. The fraction of sp³-hybridized carbons (Fsp3) is 0.455. The second-order valence-corrected chi connectivity index (χ2v) is 15.8. The summed E-state index contributed by atoms with van der Waals surface area (Å²) in [5, 5.41) is 24.3. The van der Waals surface area contributed by atoms with Crippen LogP contribution in [-0.4, -0.2) is 68.7 Å². The first-order chi connectivity index (χ1) is 26.2. The van der Waals surface area contributed by atoms with E-state index < -0.39 is 47.2 Å². The number of aliphatic hydroxyl groups is 2. The molecule has 2 N–H and O–H groups in total. The van der Waals surface area contributed by atoms with Crippen molar-refractivity contribution in [3.8, 4) is 0 Å². The van der Waals surface area contributed by atoms with E-state index in [4.69, 9.17) is 18.6 Å². The molecule has 4 heterocycles. The molecule has 0 radical (unpaired) electrons. The van der Waals surface area contributed by atoms with E-state index >= 15 is 0 Å². The van der Waals surface area contributed by atoms with Crippen LogP contribution in [0.2, 0.25) is 0 Å². The summed E-state index contributed by atoms with van der Waals surface area (Å²) in [5.74, 6) is -0.899. The molecule has 2 aliphatic heterocycles. The SMILES string of the molecule is C/C=C/[C@H](O)C(C)(C)[C@@H]1C/C=C\[C@@H](C)/C(CC)=C/C=C\c2nc(cs2)C(=O)O[C@H](C(C)(C)[C@@H](O)/C=C/C)C/C=C\[C@H]2O[C@H]2/C=C/C=C\c2nc(co2)C(=O)O1. The Bertz CT molecular complexity index is 1840. The lowest BCUT2D eigenvalue weighted by atomic mass is 9.78. The first-order valence-corrected chi connectivity index (χ1v) is 19.7. The van der Waals surface area contributed by atoms with Crippen LogP contribution >= 0.6 is 11.3 Å². The van der Waals surface area contributed by atoms with Gasteiger partial charge in [-0.15, -0.1) is 11.3 Å². The average Bonchev–Trinajstić information content (AvgIpc) is 3.46. The molecule has 0 unspecified atom stereocenters. The summed E-state index contributed by atoms with van der Waals surface area (Å²) in [6.07, 6.45) is 27.2. The van der Waals surface area contributed by atoms with Gasteiger partial charge >= 0.3 is 11.9 Å². The lowest BCUT2D eigenvalue weighted by Crippen LogP contribution is -2.42. The number of thiazole rings is 1. The van der Waals surface area contributed by atoms with Crippen LogP contribution in [0.5, 0.6) is 0 Å². The Balaban J connectivity index is 1.63. The standard InChI is InChI=1S/C44H56N2O8S/c1-9-17-35(47)43(5,6)37-23-14-19-29(4)30(11-3)20-15-26-40-46-32(28-55-40)42(50)54-38(44(7,8)36(48)18-10-2)24-16-22-34-33(52-34)21-12-13-25-39-45-31(27-51-39)41(49)53-37/h9-10,12-22,25-29,33-38,47-48H,11,23-24H2,1-8H3/b17-9+,18-10+,19-14-,21-12+,22-16-,25-13-,26-15-,30-20+/t29-,33+,34-,35+,36+,37+,38+/m1/s1. The number of epoxide rings is 1. The van der Waals surface area contributed by atoms with Crippen LogP contribution in [0.1, 0.15) is 107 Å². The minimum Gasteiger partial charge on any atom is -0.457 e. The van der Waals surface area contributed by atoms with Crippen LogP contribution in [0, 0.1) is 16.7 Å². The summed E-state index contributed by atoms with van der Waals surface area (Å²) in [4.78, 5) is 35.5. The molecule has 0 aliphatic carbocycles. The minimum absolute atomic E-state index is 0.0303. The van der Waals surface area contributed by atoms with Gasteiger partial charge in [0.2, 0.25) is 5.89 Å². The third kappa shape index (κ3) is 12.0. The molecule has 2 aliphatic rings. The van der Waals surface area contributed by atoms with Crippen molar-refractivity contribution in [3.05, 3.63) is 118 Å². The number of cyclic esters (lactones) is 2. The third-order valence-corrected chi connectivity index (χ3v) is 10.9. The molecule has 4 rings (SSSR count). The van der Waals surface area contributed by atoms with Crippen molar-refractivity contribution in [2.75, 3.05) is 0 Å². The van der Waals surface area contributed by atoms with Crippen LogP contribution in [-0.2, 0) is 14.2 Å². The number of aromatic nitrogens is 2. The van der Waals surface area contributed by atoms with E-state index in [-0.39, 0.29) is 35.4 Å². The Hall–Kier alpha value is -4.42. The molecule has 55 heavy (non-hydrogen) atoms. The van der Waals surface area contributed by atoms with Gasteiger partial charge < -0.3 is 28.8 Å². The highest BCUT2D eigenvalue weighted by Gasteiger charge is 2.40. The molecule has 296 valence electrons. The number of allylic oxidation sites excluding steroid dienone is 8. The molecule has 0 spiro atoms. The van der Waals surface area contributed by atoms with Crippen molar-refractivity contribution in [3.63, 3.8) is 0 Å². The smallest absolute Gasteiger partial charge is 0.360 e. The molecule has 10 nitrogen and oxygen atoms in total. The molecular weight excluding hydrogens is 717 g/mol. The molecule has 1 saturated heterocycles. The highest BCUT2D eigenvalue weighted by molar-refractivity contribution is 7.10. The predicted molar refractivity (Wildman–Crippen MR) is 217 cm³/mol. The molecule has 0 amide bonds. The van der Waals surface area contributed by atoms with Gasteiger partial charge in [0.15, 0.2) is 11.4 Å². The van der Waals surface area contributed by atoms with Crippen molar-refractivity contribution in [1.82, 2.24) is 9.97 Å². The Labute approximate surface area is 329 Å². The number of oxazole rings is 1. The molecule has 2 aromatic heterocycles.